The van der Waals surface area contributed by atoms with E-state index in [-0.39, 0.29) is 5.91 Å². The Bertz CT molecular complexity index is 344. The van der Waals surface area contributed by atoms with Gasteiger partial charge in [0.05, 0.1) is 0 Å². The summed E-state index contributed by atoms with van der Waals surface area (Å²) in [6, 6.07) is 3.49. The summed E-state index contributed by atoms with van der Waals surface area (Å²) in [4.78, 5) is 11.7. The summed E-state index contributed by atoms with van der Waals surface area (Å²) < 4.78 is 5.33. The van der Waals surface area contributed by atoms with E-state index in [9.17, 15) is 4.79 Å². The Kier molecular flexibility index (Phi) is 3.80. The number of aryl methyl sites for hydroxylation is 1. The number of carbonyl (C=O) groups is 1. The molecular formula is C11H16ClNO2. The van der Waals surface area contributed by atoms with Gasteiger partial charge in [0, 0.05) is 17.8 Å². The Labute approximate surface area is 94.8 Å². The molecule has 0 unspecified atom stereocenters. The fourth-order valence-electron chi connectivity index (χ4n) is 1.09. The number of rotatable bonds is 4. The lowest BCUT2D eigenvalue weighted by atomic mass is 10.1. The molecule has 0 aromatic carbocycles. The fourth-order valence-corrected chi connectivity index (χ4v) is 1.16. The Hall–Kier alpha value is -0.960. The summed E-state index contributed by atoms with van der Waals surface area (Å²) in [5.74, 6) is 1.29. The fraction of sp³-hybridized carbons (Fsp3) is 0.545. The van der Waals surface area contributed by atoms with Gasteiger partial charge in [-0.15, -0.1) is 11.6 Å². The summed E-state index contributed by atoms with van der Waals surface area (Å²) in [5.41, 5.74) is -0.419. The largest absolute Gasteiger partial charge is 0.456 e. The van der Waals surface area contributed by atoms with E-state index in [1.165, 1.54) is 0 Å². The predicted octanol–water partition coefficient (Wildman–Crippen LogP) is 2.59. The van der Waals surface area contributed by atoms with Gasteiger partial charge >= 0.3 is 0 Å². The highest BCUT2D eigenvalue weighted by atomic mass is 35.5. The molecule has 1 aromatic heterocycles. The predicted molar refractivity (Wildman–Crippen MR) is 60.4 cm³/mol. The molecule has 3 nitrogen and oxygen atoms in total. The molecule has 15 heavy (non-hydrogen) atoms. The van der Waals surface area contributed by atoms with Gasteiger partial charge in [0.25, 0.3) is 5.91 Å². The van der Waals surface area contributed by atoms with Gasteiger partial charge in [-0.3, -0.25) is 4.79 Å². The van der Waals surface area contributed by atoms with Gasteiger partial charge in [-0.25, -0.2) is 0 Å². The van der Waals surface area contributed by atoms with Crippen LogP contribution in [0.25, 0.3) is 0 Å². The molecule has 1 rings (SSSR count). The average Bonchev–Trinajstić information content (AvgIpc) is 2.65. The van der Waals surface area contributed by atoms with E-state index in [1.807, 2.05) is 26.8 Å². The van der Waals surface area contributed by atoms with Gasteiger partial charge in [-0.05, 0) is 26.0 Å². The highest BCUT2D eigenvalue weighted by Crippen LogP contribution is 2.11. The molecule has 1 amide bonds. The van der Waals surface area contributed by atoms with E-state index in [2.05, 4.69) is 5.32 Å². The van der Waals surface area contributed by atoms with Crippen molar-refractivity contribution in [3.05, 3.63) is 23.7 Å². The highest BCUT2D eigenvalue weighted by Gasteiger charge is 2.21. The molecule has 84 valence electrons. The van der Waals surface area contributed by atoms with E-state index in [4.69, 9.17) is 16.0 Å². The summed E-state index contributed by atoms with van der Waals surface area (Å²) in [7, 11) is 0. The van der Waals surface area contributed by atoms with E-state index in [1.54, 1.807) is 6.07 Å². The zero-order valence-electron chi connectivity index (χ0n) is 9.26. The van der Waals surface area contributed by atoms with Crippen LogP contribution in [0.5, 0.6) is 0 Å². The van der Waals surface area contributed by atoms with Crippen molar-refractivity contribution in [2.75, 3.05) is 5.88 Å². The molecule has 0 spiro atoms. The third-order valence-electron chi connectivity index (χ3n) is 2.02. The van der Waals surface area contributed by atoms with Gasteiger partial charge in [0.1, 0.15) is 5.76 Å². The number of carbonyl (C=O) groups excluding carboxylic acids is 1. The third-order valence-corrected chi connectivity index (χ3v) is 2.69. The van der Waals surface area contributed by atoms with Gasteiger partial charge in [-0.2, -0.15) is 0 Å². The molecule has 0 aliphatic heterocycles. The summed E-state index contributed by atoms with van der Waals surface area (Å²) >= 11 is 5.71. The van der Waals surface area contributed by atoms with Crippen LogP contribution in [0.4, 0.5) is 0 Å². The number of hydrogen-bond acceptors (Lipinski definition) is 2. The van der Waals surface area contributed by atoms with Crippen LogP contribution in [-0.2, 0) is 6.42 Å². The molecule has 0 saturated heterocycles. The summed E-state index contributed by atoms with van der Waals surface area (Å²) in [6.07, 6.45) is 0.784. The first kappa shape index (κ1) is 12.1. The van der Waals surface area contributed by atoms with Crippen LogP contribution in [0.3, 0.4) is 0 Å². The maximum atomic E-state index is 11.7. The first-order valence-corrected chi connectivity index (χ1v) is 5.49. The molecule has 0 atom stereocenters. The normalized spacial score (nSPS) is 11.5. The molecule has 0 bridgehead atoms. The van der Waals surface area contributed by atoms with Gasteiger partial charge in [0.2, 0.25) is 0 Å². The Morgan fingerprint density at radius 2 is 2.20 bits per heavy atom. The van der Waals surface area contributed by atoms with Crippen molar-refractivity contribution < 1.29 is 9.21 Å². The summed E-state index contributed by atoms with van der Waals surface area (Å²) in [6.45, 7) is 5.70. The van der Waals surface area contributed by atoms with Crippen molar-refractivity contribution in [3.63, 3.8) is 0 Å². The van der Waals surface area contributed by atoms with Crippen LogP contribution in [0, 0.1) is 0 Å². The van der Waals surface area contributed by atoms with Crippen LogP contribution < -0.4 is 5.32 Å². The van der Waals surface area contributed by atoms with E-state index >= 15 is 0 Å². The van der Waals surface area contributed by atoms with Gasteiger partial charge in [-0.1, -0.05) is 6.92 Å². The van der Waals surface area contributed by atoms with Crippen molar-refractivity contribution >= 4 is 17.5 Å². The zero-order chi connectivity index (χ0) is 11.5. The molecule has 0 aliphatic rings. The van der Waals surface area contributed by atoms with Crippen LogP contribution in [0.2, 0.25) is 0 Å². The first-order chi connectivity index (χ1) is 6.98. The number of alkyl halides is 1. The topological polar surface area (TPSA) is 42.2 Å². The monoisotopic (exact) mass is 229 g/mol. The second-order valence-corrected chi connectivity index (χ2v) is 4.36. The highest BCUT2D eigenvalue weighted by molar-refractivity contribution is 6.18. The van der Waals surface area contributed by atoms with Gasteiger partial charge < -0.3 is 9.73 Å². The van der Waals surface area contributed by atoms with Crippen molar-refractivity contribution in [1.29, 1.82) is 0 Å². The minimum Gasteiger partial charge on any atom is -0.456 e. The molecule has 0 fully saturated rings. The van der Waals surface area contributed by atoms with E-state index in [0.29, 0.717) is 11.6 Å². The lowest BCUT2D eigenvalue weighted by Gasteiger charge is -2.22. The second-order valence-electron chi connectivity index (χ2n) is 4.09. The van der Waals surface area contributed by atoms with Crippen LogP contribution >= 0.6 is 11.6 Å². The molecule has 1 aromatic rings. The smallest absolute Gasteiger partial charge is 0.287 e. The first-order valence-electron chi connectivity index (χ1n) is 4.95. The lowest BCUT2D eigenvalue weighted by molar-refractivity contribution is 0.0890. The van der Waals surface area contributed by atoms with Crippen molar-refractivity contribution in [1.82, 2.24) is 5.32 Å². The Balaban J connectivity index is 2.69. The van der Waals surface area contributed by atoms with E-state index in [0.717, 1.165) is 12.2 Å². The Morgan fingerprint density at radius 1 is 1.53 bits per heavy atom. The quantitative estimate of drug-likeness (QED) is 0.807. The molecule has 1 heterocycles. The molecule has 0 aliphatic carbocycles. The molecule has 0 radical (unpaired) electrons. The minimum absolute atomic E-state index is 0.222. The van der Waals surface area contributed by atoms with Crippen molar-refractivity contribution in [2.24, 2.45) is 0 Å². The second kappa shape index (κ2) is 4.71. The number of amides is 1. The maximum absolute atomic E-state index is 11.7. The Morgan fingerprint density at radius 3 is 2.67 bits per heavy atom. The number of halogens is 1. The van der Waals surface area contributed by atoms with Gasteiger partial charge in [0.15, 0.2) is 5.76 Å². The average molecular weight is 230 g/mol. The number of hydrogen-bond donors (Lipinski definition) is 1. The minimum atomic E-state index is -0.419. The summed E-state index contributed by atoms with van der Waals surface area (Å²) in [5, 5.41) is 2.80. The third kappa shape index (κ3) is 3.27. The van der Waals surface area contributed by atoms with Crippen LogP contribution in [0.1, 0.15) is 37.1 Å². The standard InChI is InChI=1S/C11H16ClNO2/c1-4-8-5-6-9(15-8)10(14)13-11(2,3)7-12/h5-6H,4,7H2,1-3H3,(H,13,14). The molecular weight excluding hydrogens is 214 g/mol. The van der Waals surface area contributed by atoms with Crippen LogP contribution in [-0.4, -0.2) is 17.3 Å². The molecule has 1 N–H and O–H groups in total. The zero-order valence-corrected chi connectivity index (χ0v) is 10.0. The lowest BCUT2D eigenvalue weighted by Crippen LogP contribution is -2.44. The SMILES string of the molecule is CCc1ccc(C(=O)NC(C)(C)CCl)o1. The van der Waals surface area contributed by atoms with Crippen molar-refractivity contribution in [2.45, 2.75) is 32.7 Å². The molecule has 4 heteroatoms. The number of nitrogens with one attached hydrogen (secondary N) is 1. The molecule has 0 saturated carbocycles. The number of furan rings is 1. The maximum Gasteiger partial charge on any atom is 0.287 e. The van der Waals surface area contributed by atoms with Crippen molar-refractivity contribution in [3.8, 4) is 0 Å². The van der Waals surface area contributed by atoms with E-state index < -0.39 is 5.54 Å². The van der Waals surface area contributed by atoms with Crippen LogP contribution in [0.15, 0.2) is 16.5 Å².